The van der Waals surface area contributed by atoms with Crippen LogP contribution in [0.1, 0.15) is 37.0 Å². The molecule has 2 aromatic rings. The molecule has 1 aliphatic carbocycles. The Morgan fingerprint density at radius 2 is 1.74 bits per heavy atom. The fourth-order valence-corrected chi connectivity index (χ4v) is 5.75. The number of aliphatic hydroxyl groups excluding tert-OH is 1. The minimum atomic E-state index is -3.78. The van der Waals surface area contributed by atoms with Gasteiger partial charge in [0.1, 0.15) is 0 Å². The lowest BCUT2D eigenvalue weighted by Gasteiger charge is -2.31. The predicted octanol–water partition coefficient (Wildman–Crippen LogP) is 2.94. The molecule has 1 atom stereocenters. The Kier molecular flexibility index (Phi) is 8.30. The molecule has 0 aliphatic heterocycles. The van der Waals surface area contributed by atoms with Gasteiger partial charge in [0, 0.05) is 31.8 Å². The summed E-state index contributed by atoms with van der Waals surface area (Å²) in [5, 5.41) is 22.6. The van der Waals surface area contributed by atoms with E-state index in [-0.39, 0.29) is 23.5 Å². The van der Waals surface area contributed by atoms with Crippen molar-refractivity contribution in [1.29, 1.82) is 0 Å². The van der Waals surface area contributed by atoms with E-state index < -0.39 is 22.1 Å². The smallest absolute Gasteiger partial charge is 0.328 e. The Hall–Kier alpha value is -2.52. The Labute approximate surface area is 202 Å². The predicted molar refractivity (Wildman–Crippen MR) is 133 cm³/mol. The maximum absolute atomic E-state index is 12.9. The summed E-state index contributed by atoms with van der Waals surface area (Å²) in [5.41, 5.74) is 3.23. The summed E-state index contributed by atoms with van der Waals surface area (Å²) in [5.74, 6) is -0.524. The molecule has 0 bridgehead atoms. The second-order valence-corrected chi connectivity index (χ2v) is 11.7. The fraction of sp³-hybridized carbons (Fsp3) is 0.423. The van der Waals surface area contributed by atoms with Crippen molar-refractivity contribution in [1.82, 2.24) is 9.62 Å². The molecular weight excluding hydrogens is 452 g/mol. The quantitative estimate of drug-likeness (QED) is 0.422. The lowest BCUT2D eigenvalue weighted by Crippen LogP contribution is -2.47. The highest BCUT2D eigenvalue weighted by Gasteiger charge is 2.29. The van der Waals surface area contributed by atoms with E-state index in [1.165, 1.54) is 36.4 Å². The first-order chi connectivity index (χ1) is 16.0. The molecular formula is C26H34N2O5S. The van der Waals surface area contributed by atoms with E-state index in [0.717, 1.165) is 29.6 Å². The van der Waals surface area contributed by atoms with Crippen LogP contribution < -0.4 is 5.32 Å². The minimum Gasteiger partial charge on any atom is -0.478 e. The summed E-state index contributed by atoms with van der Waals surface area (Å²) in [6, 6.07) is 14.5. The summed E-state index contributed by atoms with van der Waals surface area (Å²) in [6.07, 6.45) is 4.62. The number of nitrogens with zero attached hydrogens (tertiary/aromatic N) is 1. The molecule has 34 heavy (non-hydrogen) atoms. The number of hydrogen-bond donors (Lipinski definition) is 3. The zero-order valence-electron chi connectivity index (χ0n) is 19.9. The van der Waals surface area contributed by atoms with Crippen LogP contribution in [0.2, 0.25) is 0 Å². The highest BCUT2D eigenvalue weighted by atomic mass is 32.2. The molecule has 1 aliphatic rings. The van der Waals surface area contributed by atoms with Gasteiger partial charge in [0.2, 0.25) is 10.0 Å². The standard InChI is InChI=1S/C26H34N2O5S/c1-26(2,16-20-14-21-6-4-5-7-22(21)15-20)27-17-23(29)18-28(3)34(32,33)24-11-8-19(9-12-24)10-13-25(30)31/h4-13,20,23,27,29H,14-18H2,1-3H3,(H,30,31). The summed E-state index contributed by atoms with van der Waals surface area (Å²) in [7, 11) is -2.34. The molecule has 0 saturated carbocycles. The van der Waals surface area contributed by atoms with Gasteiger partial charge in [0.05, 0.1) is 11.0 Å². The number of fused-ring (bicyclic) bond motifs is 1. The average molecular weight is 487 g/mol. The zero-order valence-corrected chi connectivity index (χ0v) is 20.8. The topological polar surface area (TPSA) is 107 Å². The van der Waals surface area contributed by atoms with Crippen molar-refractivity contribution in [2.45, 2.75) is 49.6 Å². The van der Waals surface area contributed by atoms with Crippen LogP contribution in [0.4, 0.5) is 0 Å². The number of carbonyl (C=O) groups is 1. The molecule has 8 heteroatoms. The van der Waals surface area contributed by atoms with Crippen molar-refractivity contribution in [3.8, 4) is 0 Å². The molecule has 0 aromatic heterocycles. The van der Waals surface area contributed by atoms with Gasteiger partial charge >= 0.3 is 5.97 Å². The maximum Gasteiger partial charge on any atom is 0.328 e. The Morgan fingerprint density at radius 3 is 2.29 bits per heavy atom. The number of nitrogens with one attached hydrogen (secondary N) is 1. The number of β-amino-alcohol motifs (C(OH)–C–C–N with tert-alkyl or cyclic N) is 1. The van der Waals surface area contributed by atoms with Gasteiger partial charge in [-0.1, -0.05) is 36.4 Å². The number of aliphatic hydroxyl groups is 1. The monoisotopic (exact) mass is 486 g/mol. The number of benzene rings is 2. The maximum atomic E-state index is 12.9. The zero-order chi connectivity index (χ0) is 24.9. The number of hydrogen-bond acceptors (Lipinski definition) is 5. The molecule has 184 valence electrons. The largest absolute Gasteiger partial charge is 0.478 e. The number of sulfonamides is 1. The van der Waals surface area contributed by atoms with Crippen molar-refractivity contribution in [2.24, 2.45) is 5.92 Å². The lowest BCUT2D eigenvalue weighted by atomic mass is 9.88. The van der Waals surface area contributed by atoms with E-state index in [4.69, 9.17) is 5.11 Å². The van der Waals surface area contributed by atoms with Crippen molar-refractivity contribution >= 4 is 22.1 Å². The van der Waals surface area contributed by atoms with Crippen molar-refractivity contribution in [3.63, 3.8) is 0 Å². The van der Waals surface area contributed by atoms with Gasteiger partial charge < -0.3 is 15.5 Å². The number of rotatable bonds is 11. The number of carboxylic acids is 1. The van der Waals surface area contributed by atoms with E-state index in [1.54, 1.807) is 12.1 Å². The summed E-state index contributed by atoms with van der Waals surface area (Å²) >= 11 is 0. The van der Waals surface area contributed by atoms with Crippen LogP contribution in [-0.4, -0.2) is 60.7 Å². The second kappa shape index (κ2) is 10.8. The van der Waals surface area contributed by atoms with E-state index in [0.29, 0.717) is 11.5 Å². The summed E-state index contributed by atoms with van der Waals surface area (Å²) in [6.45, 7) is 4.47. The molecule has 0 fully saturated rings. The van der Waals surface area contributed by atoms with Crippen molar-refractivity contribution < 1.29 is 23.4 Å². The summed E-state index contributed by atoms with van der Waals surface area (Å²) in [4.78, 5) is 10.7. The first kappa shape index (κ1) is 26.1. The van der Waals surface area contributed by atoms with E-state index >= 15 is 0 Å². The van der Waals surface area contributed by atoms with Crippen LogP contribution in [0.25, 0.3) is 6.08 Å². The molecule has 0 radical (unpaired) electrons. The minimum absolute atomic E-state index is 0.0407. The van der Waals surface area contributed by atoms with Gasteiger partial charge in [-0.15, -0.1) is 0 Å². The fourth-order valence-electron chi connectivity index (χ4n) is 4.54. The second-order valence-electron chi connectivity index (χ2n) is 9.69. The third kappa shape index (κ3) is 6.99. The van der Waals surface area contributed by atoms with Crippen molar-refractivity contribution in [3.05, 3.63) is 71.3 Å². The number of aliphatic carboxylic acids is 1. The highest BCUT2D eigenvalue weighted by Crippen LogP contribution is 2.31. The Morgan fingerprint density at radius 1 is 1.15 bits per heavy atom. The molecule has 0 heterocycles. The van der Waals surface area contributed by atoms with Gasteiger partial charge in [-0.05, 0) is 73.9 Å². The molecule has 3 rings (SSSR count). The van der Waals surface area contributed by atoms with Gasteiger partial charge in [-0.3, -0.25) is 0 Å². The van der Waals surface area contributed by atoms with Crippen LogP contribution in [0, 0.1) is 5.92 Å². The molecule has 2 aromatic carbocycles. The highest BCUT2D eigenvalue weighted by molar-refractivity contribution is 7.89. The van der Waals surface area contributed by atoms with E-state index in [9.17, 15) is 18.3 Å². The Balaban J connectivity index is 1.50. The average Bonchev–Trinajstić information content (AvgIpc) is 3.18. The first-order valence-corrected chi connectivity index (χ1v) is 12.9. The molecule has 1 unspecified atom stereocenters. The molecule has 3 N–H and O–H groups in total. The van der Waals surface area contributed by atoms with E-state index in [2.05, 4.69) is 43.4 Å². The normalized spacial score (nSPS) is 15.7. The van der Waals surface area contributed by atoms with Crippen molar-refractivity contribution in [2.75, 3.05) is 20.1 Å². The number of likely N-dealkylation sites (N-methyl/N-ethyl adjacent to an activating group) is 1. The van der Waals surface area contributed by atoms with Crippen LogP contribution in [0.15, 0.2) is 59.5 Å². The van der Waals surface area contributed by atoms with Crippen LogP contribution in [0.3, 0.4) is 0 Å². The summed E-state index contributed by atoms with van der Waals surface area (Å²) < 4.78 is 26.9. The Bertz CT molecular complexity index is 1100. The van der Waals surface area contributed by atoms with Crippen LogP contribution in [0.5, 0.6) is 0 Å². The third-order valence-corrected chi connectivity index (χ3v) is 8.06. The van der Waals surface area contributed by atoms with Gasteiger partial charge in [0.15, 0.2) is 0 Å². The van der Waals surface area contributed by atoms with Crippen LogP contribution in [-0.2, 0) is 27.7 Å². The molecule has 0 amide bonds. The third-order valence-electron chi connectivity index (χ3n) is 6.23. The lowest BCUT2D eigenvalue weighted by molar-refractivity contribution is -0.131. The SMILES string of the molecule is CN(CC(O)CNC(C)(C)CC1Cc2ccccc2C1)S(=O)(=O)c1ccc(C=CC(=O)O)cc1. The first-order valence-electron chi connectivity index (χ1n) is 11.4. The van der Waals surface area contributed by atoms with E-state index in [1.807, 2.05) is 0 Å². The van der Waals surface area contributed by atoms with Gasteiger partial charge in [0.25, 0.3) is 0 Å². The van der Waals surface area contributed by atoms with Gasteiger partial charge in [-0.25, -0.2) is 13.2 Å². The van der Waals surface area contributed by atoms with Gasteiger partial charge in [-0.2, -0.15) is 4.31 Å². The molecule has 0 spiro atoms. The molecule has 0 saturated heterocycles. The van der Waals surface area contributed by atoms with Crippen LogP contribution >= 0.6 is 0 Å². The number of carboxylic acid groups (broad SMARTS) is 1. The molecule has 7 nitrogen and oxygen atoms in total.